The molecular weight excluding hydrogens is 432 g/mol. The van der Waals surface area contributed by atoms with E-state index in [1.807, 2.05) is 20.8 Å². The van der Waals surface area contributed by atoms with Gasteiger partial charge in [0.2, 0.25) is 0 Å². The maximum atomic E-state index is 13.5. The number of nitrogens with two attached hydrogens (primary N) is 1. The number of hydrogen-bond donors (Lipinski definition) is 2. The van der Waals surface area contributed by atoms with Crippen molar-refractivity contribution in [3.8, 4) is 11.5 Å². The van der Waals surface area contributed by atoms with Crippen LogP contribution < -0.4 is 20.5 Å². The summed E-state index contributed by atoms with van der Waals surface area (Å²) in [6.45, 7) is 6.08. The number of fused-ring (bicyclic) bond motifs is 1. The lowest BCUT2D eigenvalue weighted by molar-refractivity contribution is 0.0922. The maximum Gasteiger partial charge on any atom is 0.262 e. The fourth-order valence-electron chi connectivity index (χ4n) is 5.38. The molecule has 0 spiro atoms. The van der Waals surface area contributed by atoms with Crippen LogP contribution in [0.15, 0.2) is 18.2 Å². The van der Waals surface area contributed by atoms with E-state index in [0.29, 0.717) is 11.7 Å². The normalized spacial score (nSPS) is 21.4. The van der Waals surface area contributed by atoms with Gasteiger partial charge < -0.3 is 20.5 Å². The summed E-state index contributed by atoms with van der Waals surface area (Å²) < 4.78 is 11.2. The van der Waals surface area contributed by atoms with Crippen LogP contribution in [0.4, 0.5) is 0 Å². The van der Waals surface area contributed by atoms with Gasteiger partial charge in [0.25, 0.3) is 5.91 Å². The molecule has 0 bridgehead atoms. The van der Waals surface area contributed by atoms with Gasteiger partial charge in [0.15, 0.2) is 11.5 Å². The van der Waals surface area contributed by atoms with Crippen LogP contribution in [0.3, 0.4) is 0 Å². The molecule has 1 aromatic heterocycles. The molecule has 2 aromatic rings. The van der Waals surface area contributed by atoms with Gasteiger partial charge in [-0.1, -0.05) is 19.3 Å². The molecule has 2 atom stereocenters. The first-order valence-corrected chi connectivity index (χ1v) is 13.0. The lowest BCUT2D eigenvalue weighted by atomic mass is 9.75. The summed E-state index contributed by atoms with van der Waals surface area (Å²) in [6, 6.07) is 6.40. The molecule has 33 heavy (non-hydrogen) atoms. The number of rotatable bonds is 5. The Balaban J connectivity index is 1.83. The SMILES string of the molecule is COc1cc2c(cc1OC)[C@H](c1cc(C3CCCCC3)sc1C(=O)NC(C)(C)C)[C@@H](N)CC2. The van der Waals surface area contributed by atoms with Crippen molar-refractivity contribution >= 4 is 17.2 Å². The molecule has 5 nitrogen and oxygen atoms in total. The van der Waals surface area contributed by atoms with Crippen LogP contribution in [-0.2, 0) is 6.42 Å². The molecule has 1 fully saturated rings. The summed E-state index contributed by atoms with van der Waals surface area (Å²) in [5.41, 5.74) is 9.93. The number of thiophene rings is 1. The van der Waals surface area contributed by atoms with Crippen LogP contribution in [0.5, 0.6) is 11.5 Å². The van der Waals surface area contributed by atoms with Crippen molar-refractivity contribution in [2.45, 2.75) is 89.1 Å². The number of carbonyl (C=O) groups is 1. The van der Waals surface area contributed by atoms with Crippen molar-refractivity contribution in [3.05, 3.63) is 44.6 Å². The summed E-state index contributed by atoms with van der Waals surface area (Å²) in [4.78, 5) is 15.6. The zero-order valence-corrected chi connectivity index (χ0v) is 21.4. The van der Waals surface area contributed by atoms with Crippen molar-refractivity contribution in [2.75, 3.05) is 14.2 Å². The van der Waals surface area contributed by atoms with Gasteiger partial charge in [-0.25, -0.2) is 0 Å². The van der Waals surface area contributed by atoms with E-state index < -0.39 is 0 Å². The minimum absolute atomic E-state index is 0.00404. The first-order valence-electron chi connectivity index (χ1n) is 12.2. The highest BCUT2D eigenvalue weighted by Gasteiger charge is 2.35. The van der Waals surface area contributed by atoms with Crippen LogP contribution in [0.2, 0.25) is 0 Å². The minimum Gasteiger partial charge on any atom is -0.493 e. The second kappa shape index (κ2) is 9.67. The Labute approximate surface area is 202 Å². The van der Waals surface area contributed by atoms with Crippen LogP contribution in [0, 0.1) is 0 Å². The minimum atomic E-state index is -0.299. The Morgan fingerprint density at radius 3 is 2.30 bits per heavy atom. The number of hydrogen-bond acceptors (Lipinski definition) is 5. The van der Waals surface area contributed by atoms with E-state index in [0.717, 1.165) is 34.6 Å². The Morgan fingerprint density at radius 2 is 1.67 bits per heavy atom. The Bertz CT molecular complexity index is 1000. The van der Waals surface area contributed by atoms with Gasteiger partial charge in [0.05, 0.1) is 19.1 Å². The molecule has 2 aliphatic carbocycles. The fourth-order valence-corrected chi connectivity index (χ4v) is 6.65. The molecule has 0 radical (unpaired) electrons. The van der Waals surface area contributed by atoms with Crippen LogP contribution >= 0.6 is 11.3 Å². The second-order valence-corrected chi connectivity index (χ2v) is 11.6. The molecule has 1 amide bonds. The number of amides is 1. The predicted molar refractivity (Wildman–Crippen MR) is 135 cm³/mol. The quantitative estimate of drug-likeness (QED) is 0.584. The van der Waals surface area contributed by atoms with Gasteiger partial charge in [-0.05, 0) is 87.3 Å². The molecule has 0 unspecified atom stereocenters. The van der Waals surface area contributed by atoms with E-state index in [4.69, 9.17) is 15.2 Å². The van der Waals surface area contributed by atoms with Gasteiger partial charge in [-0.2, -0.15) is 0 Å². The van der Waals surface area contributed by atoms with Crippen molar-refractivity contribution in [3.63, 3.8) is 0 Å². The molecule has 3 N–H and O–H groups in total. The summed E-state index contributed by atoms with van der Waals surface area (Å²) in [7, 11) is 3.33. The first kappa shape index (κ1) is 24.1. The summed E-state index contributed by atoms with van der Waals surface area (Å²) in [6.07, 6.45) is 8.04. The predicted octanol–water partition coefficient (Wildman–Crippen LogP) is 5.75. The number of methoxy groups -OCH3 is 2. The summed E-state index contributed by atoms with van der Waals surface area (Å²) in [5, 5.41) is 3.20. The van der Waals surface area contributed by atoms with E-state index in [2.05, 4.69) is 23.5 Å². The third-order valence-electron chi connectivity index (χ3n) is 6.97. The monoisotopic (exact) mass is 470 g/mol. The molecule has 1 heterocycles. The zero-order valence-electron chi connectivity index (χ0n) is 20.6. The van der Waals surface area contributed by atoms with Gasteiger partial charge in [-0.15, -0.1) is 11.3 Å². The third kappa shape index (κ3) is 5.07. The van der Waals surface area contributed by atoms with Crippen LogP contribution in [-0.4, -0.2) is 31.7 Å². The molecular formula is C27H38N2O3S. The number of nitrogens with one attached hydrogen (secondary N) is 1. The lowest BCUT2D eigenvalue weighted by Crippen LogP contribution is -2.41. The maximum absolute atomic E-state index is 13.5. The van der Waals surface area contributed by atoms with E-state index in [9.17, 15) is 4.79 Å². The lowest BCUT2D eigenvalue weighted by Gasteiger charge is -2.32. The van der Waals surface area contributed by atoms with Crippen LogP contribution in [0.25, 0.3) is 0 Å². The standard InChI is InChI=1S/C27H38N2O3S/c1-27(2,3)29-26(30)25-19(15-23(33-25)16-9-7-6-8-10-16)24-18-14-22(32-5)21(31-4)13-17(18)11-12-20(24)28/h13-16,20,24H,6-12,28H2,1-5H3,(H,29,30)/t20-,24+/m0/s1. The van der Waals surface area contributed by atoms with E-state index in [1.54, 1.807) is 25.6 Å². The fraction of sp³-hybridized carbons (Fsp3) is 0.593. The van der Waals surface area contributed by atoms with Gasteiger partial charge >= 0.3 is 0 Å². The molecule has 4 rings (SSSR count). The Kier molecular flexibility index (Phi) is 7.06. The largest absolute Gasteiger partial charge is 0.493 e. The summed E-state index contributed by atoms with van der Waals surface area (Å²) >= 11 is 1.68. The number of carbonyl (C=O) groups excluding carboxylic acids is 1. The Hall–Kier alpha value is -2.05. The van der Waals surface area contributed by atoms with Crippen molar-refractivity contribution in [2.24, 2.45) is 5.73 Å². The Morgan fingerprint density at radius 1 is 1.00 bits per heavy atom. The zero-order chi connectivity index (χ0) is 23.8. The average molecular weight is 471 g/mol. The first-order chi connectivity index (χ1) is 15.7. The molecule has 180 valence electrons. The van der Waals surface area contributed by atoms with Gasteiger partial charge in [0, 0.05) is 22.4 Å². The number of benzene rings is 1. The molecule has 0 saturated heterocycles. The highest BCUT2D eigenvalue weighted by Crippen LogP contribution is 2.46. The molecule has 2 aliphatic rings. The van der Waals surface area contributed by atoms with E-state index >= 15 is 0 Å². The van der Waals surface area contributed by atoms with Crippen molar-refractivity contribution < 1.29 is 14.3 Å². The van der Waals surface area contributed by atoms with Gasteiger partial charge in [0.1, 0.15) is 0 Å². The highest BCUT2D eigenvalue weighted by molar-refractivity contribution is 7.14. The van der Waals surface area contributed by atoms with Crippen molar-refractivity contribution in [1.29, 1.82) is 0 Å². The van der Waals surface area contributed by atoms with E-state index in [-0.39, 0.29) is 23.4 Å². The summed E-state index contributed by atoms with van der Waals surface area (Å²) in [5.74, 6) is 1.96. The highest BCUT2D eigenvalue weighted by atomic mass is 32.1. The third-order valence-corrected chi connectivity index (χ3v) is 8.28. The molecule has 1 saturated carbocycles. The second-order valence-electron chi connectivity index (χ2n) is 10.6. The topological polar surface area (TPSA) is 73.6 Å². The van der Waals surface area contributed by atoms with Crippen molar-refractivity contribution in [1.82, 2.24) is 5.32 Å². The van der Waals surface area contributed by atoms with Crippen LogP contribution in [0.1, 0.15) is 102 Å². The van der Waals surface area contributed by atoms with Gasteiger partial charge in [-0.3, -0.25) is 4.79 Å². The molecule has 1 aromatic carbocycles. The molecule has 6 heteroatoms. The number of aryl methyl sites for hydroxylation is 1. The molecule has 0 aliphatic heterocycles. The smallest absolute Gasteiger partial charge is 0.262 e. The van der Waals surface area contributed by atoms with E-state index in [1.165, 1.54) is 42.5 Å². The number of ether oxygens (including phenoxy) is 2. The average Bonchev–Trinajstić information content (AvgIpc) is 3.22.